The lowest BCUT2D eigenvalue weighted by molar-refractivity contribution is -0.385. The van der Waals surface area contributed by atoms with Gasteiger partial charge in [0.1, 0.15) is 4.90 Å². The van der Waals surface area contributed by atoms with Crippen LogP contribution in [0.3, 0.4) is 0 Å². The number of nitro groups is 1. The molecule has 0 radical (unpaired) electrons. The van der Waals surface area contributed by atoms with Crippen molar-refractivity contribution < 1.29 is 18.1 Å². The molecule has 0 aliphatic rings. The number of nitrogens with one attached hydrogen (secondary N) is 1. The molecule has 20 heavy (non-hydrogen) atoms. The van der Waals surface area contributed by atoms with Crippen LogP contribution >= 0.6 is 11.6 Å². The highest BCUT2D eigenvalue weighted by Gasteiger charge is 2.25. The van der Waals surface area contributed by atoms with E-state index in [0.717, 1.165) is 6.07 Å². The molecule has 1 rings (SSSR count). The average molecular weight is 322 g/mol. The maximum Gasteiger partial charge on any atom is 0.271 e. The molecule has 0 heterocycles. The molecule has 0 aromatic heterocycles. The van der Waals surface area contributed by atoms with Gasteiger partial charge in [0.05, 0.1) is 15.5 Å². The van der Waals surface area contributed by atoms with Crippen molar-refractivity contribution in [3.63, 3.8) is 0 Å². The van der Waals surface area contributed by atoms with Gasteiger partial charge in [0.25, 0.3) is 11.6 Å². The number of hydrogen-bond donors (Lipinski definition) is 2. The first-order valence-electron chi connectivity index (χ1n) is 5.35. The third-order valence-corrected chi connectivity index (χ3v) is 3.66. The van der Waals surface area contributed by atoms with Gasteiger partial charge in [-0.2, -0.15) is 0 Å². The summed E-state index contributed by atoms with van der Waals surface area (Å²) in [6.45, 7) is 3.34. The van der Waals surface area contributed by atoms with Crippen LogP contribution in [0.25, 0.3) is 0 Å². The maximum absolute atomic E-state index is 11.9. The summed E-state index contributed by atoms with van der Waals surface area (Å²) in [5.41, 5.74) is -0.911. The minimum atomic E-state index is -4.29. The largest absolute Gasteiger partial charge is 0.350 e. The second kappa shape index (κ2) is 5.73. The van der Waals surface area contributed by atoms with E-state index >= 15 is 0 Å². The number of carbonyl (C=O) groups is 1. The van der Waals surface area contributed by atoms with E-state index in [2.05, 4.69) is 5.32 Å². The third-order valence-electron chi connectivity index (χ3n) is 2.21. The first-order valence-corrected chi connectivity index (χ1v) is 7.28. The molecule has 10 heteroatoms. The summed E-state index contributed by atoms with van der Waals surface area (Å²) in [7, 11) is -4.29. The number of amides is 1. The highest BCUT2D eigenvalue weighted by atomic mass is 35.5. The van der Waals surface area contributed by atoms with Crippen LogP contribution in [0.15, 0.2) is 17.0 Å². The molecule has 0 unspecified atom stereocenters. The SMILES string of the molecule is CC(C)NC(=O)c1cc([N+](=O)[O-])cc(S(N)(=O)=O)c1Cl. The number of hydrogen-bond acceptors (Lipinski definition) is 5. The zero-order valence-electron chi connectivity index (χ0n) is 10.6. The van der Waals surface area contributed by atoms with Gasteiger partial charge >= 0.3 is 0 Å². The zero-order chi connectivity index (χ0) is 15.7. The summed E-state index contributed by atoms with van der Waals surface area (Å²) in [6, 6.07) is 1.36. The molecular formula is C10H12ClN3O5S. The van der Waals surface area contributed by atoms with Gasteiger partial charge in [-0.25, -0.2) is 13.6 Å². The van der Waals surface area contributed by atoms with Crippen molar-refractivity contribution in [1.82, 2.24) is 5.32 Å². The van der Waals surface area contributed by atoms with Crippen molar-refractivity contribution in [2.24, 2.45) is 5.14 Å². The summed E-state index contributed by atoms with van der Waals surface area (Å²) in [5.74, 6) is -0.724. The van der Waals surface area contributed by atoms with Gasteiger partial charge in [0, 0.05) is 18.2 Å². The standard InChI is InChI=1S/C10H12ClN3O5S/c1-5(2)13-10(15)7-3-6(14(16)17)4-8(9(7)11)20(12,18)19/h3-5H,1-2H3,(H,13,15)(H2,12,18,19). The molecule has 0 saturated carbocycles. The van der Waals surface area contributed by atoms with Gasteiger partial charge in [-0.1, -0.05) is 11.6 Å². The predicted molar refractivity (Wildman–Crippen MR) is 72.1 cm³/mol. The van der Waals surface area contributed by atoms with E-state index in [-0.39, 0.29) is 11.6 Å². The fourth-order valence-electron chi connectivity index (χ4n) is 1.40. The van der Waals surface area contributed by atoms with E-state index in [4.69, 9.17) is 16.7 Å². The highest BCUT2D eigenvalue weighted by Crippen LogP contribution is 2.29. The van der Waals surface area contributed by atoms with E-state index in [9.17, 15) is 23.3 Å². The van der Waals surface area contributed by atoms with Crippen molar-refractivity contribution in [2.45, 2.75) is 24.8 Å². The first-order chi connectivity index (χ1) is 9.04. The van der Waals surface area contributed by atoms with Gasteiger partial charge in [-0.3, -0.25) is 14.9 Å². The molecule has 0 saturated heterocycles. The van der Waals surface area contributed by atoms with Gasteiger partial charge in [0.2, 0.25) is 10.0 Å². The molecule has 1 aromatic carbocycles. The molecule has 0 atom stereocenters. The molecule has 1 aromatic rings. The van der Waals surface area contributed by atoms with Gasteiger partial charge in [-0.15, -0.1) is 0 Å². The normalized spacial score (nSPS) is 11.4. The van der Waals surface area contributed by atoms with E-state index in [1.54, 1.807) is 13.8 Å². The number of primary sulfonamides is 1. The Hall–Kier alpha value is -1.71. The molecule has 110 valence electrons. The second-order valence-electron chi connectivity index (χ2n) is 4.24. The molecule has 8 nitrogen and oxygen atoms in total. The van der Waals surface area contributed by atoms with Crippen LogP contribution in [0, 0.1) is 10.1 Å². The average Bonchev–Trinajstić information content (AvgIpc) is 2.25. The number of carbonyl (C=O) groups excluding carboxylic acids is 1. The van der Waals surface area contributed by atoms with Crippen LogP contribution in [-0.4, -0.2) is 25.3 Å². The van der Waals surface area contributed by atoms with Crippen LogP contribution in [0.1, 0.15) is 24.2 Å². The molecule has 1 amide bonds. The zero-order valence-corrected chi connectivity index (χ0v) is 12.2. The Morgan fingerprint density at radius 1 is 1.45 bits per heavy atom. The summed E-state index contributed by atoms with van der Waals surface area (Å²) >= 11 is 5.81. The fourth-order valence-corrected chi connectivity index (χ4v) is 2.56. The number of non-ortho nitro benzene ring substituents is 1. The molecule has 0 fully saturated rings. The number of nitrogens with two attached hydrogens (primary N) is 1. The number of nitro benzene ring substituents is 1. The molecule has 3 N–H and O–H groups in total. The minimum Gasteiger partial charge on any atom is -0.350 e. The van der Waals surface area contributed by atoms with Crippen molar-refractivity contribution >= 4 is 33.2 Å². The molecule has 0 bridgehead atoms. The van der Waals surface area contributed by atoms with E-state index < -0.39 is 36.5 Å². The second-order valence-corrected chi connectivity index (χ2v) is 6.14. The Labute approximate surface area is 120 Å². The summed E-state index contributed by atoms with van der Waals surface area (Å²) in [5, 5.41) is 17.7. The molecule has 0 aliphatic carbocycles. The third kappa shape index (κ3) is 3.65. The lowest BCUT2D eigenvalue weighted by Crippen LogP contribution is -2.30. The lowest BCUT2D eigenvalue weighted by atomic mass is 10.1. The summed E-state index contributed by atoms with van der Waals surface area (Å²) in [6.07, 6.45) is 0. The molecule has 0 spiro atoms. The highest BCUT2D eigenvalue weighted by molar-refractivity contribution is 7.89. The van der Waals surface area contributed by atoms with E-state index in [1.807, 2.05) is 0 Å². The topological polar surface area (TPSA) is 132 Å². The monoisotopic (exact) mass is 321 g/mol. The van der Waals surface area contributed by atoms with E-state index in [0.29, 0.717) is 6.07 Å². The van der Waals surface area contributed by atoms with Crippen LogP contribution in [0.2, 0.25) is 5.02 Å². The van der Waals surface area contributed by atoms with E-state index in [1.165, 1.54) is 0 Å². The Balaban J connectivity index is 3.56. The lowest BCUT2D eigenvalue weighted by Gasteiger charge is -2.11. The fraction of sp³-hybridized carbons (Fsp3) is 0.300. The van der Waals surface area contributed by atoms with Gasteiger partial charge < -0.3 is 5.32 Å². The predicted octanol–water partition coefficient (Wildman–Crippen LogP) is 1.03. The molecular weight excluding hydrogens is 310 g/mol. The summed E-state index contributed by atoms with van der Waals surface area (Å²) in [4.78, 5) is 21.2. The van der Waals surface area contributed by atoms with Gasteiger partial charge in [-0.05, 0) is 13.8 Å². The summed E-state index contributed by atoms with van der Waals surface area (Å²) < 4.78 is 22.7. The van der Waals surface area contributed by atoms with Crippen LogP contribution in [0.4, 0.5) is 5.69 Å². The number of nitrogens with zero attached hydrogens (tertiary/aromatic N) is 1. The first kappa shape index (κ1) is 16.3. The Morgan fingerprint density at radius 3 is 2.40 bits per heavy atom. The van der Waals surface area contributed by atoms with Gasteiger partial charge in [0.15, 0.2) is 0 Å². The van der Waals surface area contributed by atoms with Crippen molar-refractivity contribution in [1.29, 1.82) is 0 Å². The Morgan fingerprint density at radius 2 is 2.00 bits per heavy atom. The number of benzene rings is 1. The Bertz CT molecular complexity index is 672. The number of rotatable bonds is 4. The van der Waals surface area contributed by atoms with Crippen molar-refractivity contribution in [3.8, 4) is 0 Å². The maximum atomic E-state index is 11.9. The van der Waals surface area contributed by atoms with Crippen molar-refractivity contribution in [2.75, 3.05) is 0 Å². The smallest absolute Gasteiger partial charge is 0.271 e. The quantitative estimate of drug-likeness (QED) is 0.631. The number of sulfonamides is 1. The van der Waals surface area contributed by atoms with Crippen LogP contribution in [0.5, 0.6) is 0 Å². The molecule has 0 aliphatic heterocycles. The Kier molecular flexibility index (Phi) is 4.69. The van der Waals surface area contributed by atoms with Crippen LogP contribution < -0.4 is 10.5 Å². The van der Waals surface area contributed by atoms with Crippen LogP contribution in [-0.2, 0) is 10.0 Å². The van der Waals surface area contributed by atoms with Crippen molar-refractivity contribution in [3.05, 3.63) is 32.8 Å². The minimum absolute atomic E-state index is 0.254. The number of halogens is 1.